The molecule has 5 heteroatoms. The third kappa shape index (κ3) is 2.74. The van der Waals surface area contributed by atoms with Crippen LogP contribution in [-0.2, 0) is 0 Å². The Labute approximate surface area is 134 Å². The van der Waals surface area contributed by atoms with Gasteiger partial charge in [-0.25, -0.2) is 9.97 Å². The molecule has 0 saturated heterocycles. The second kappa shape index (κ2) is 5.70. The molecule has 1 aliphatic rings. The number of rotatable bonds is 3. The van der Waals surface area contributed by atoms with Crippen molar-refractivity contribution in [2.75, 3.05) is 12.0 Å². The van der Waals surface area contributed by atoms with Gasteiger partial charge in [0, 0.05) is 16.6 Å². The van der Waals surface area contributed by atoms with Gasteiger partial charge in [0.25, 0.3) is 0 Å². The first-order valence-corrected chi connectivity index (χ1v) is 7.59. The van der Waals surface area contributed by atoms with E-state index in [9.17, 15) is 0 Å². The molecular formula is C18H17N5. The Kier molecular flexibility index (Phi) is 3.40. The normalized spacial score (nSPS) is 14.6. The van der Waals surface area contributed by atoms with Gasteiger partial charge in [-0.05, 0) is 25.1 Å². The fourth-order valence-electron chi connectivity index (χ4n) is 2.61. The fraction of sp³-hybridized carbons (Fsp3) is 0.111. The molecule has 23 heavy (non-hydrogen) atoms. The summed E-state index contributed by atoms with van der Waals surface area (Å²) >= 11 is 0. The molecule has 114 valence electrons. The molecule has 0 fully saturated rings. The van der Waals surface area contributed by atoms with Crippen LogP contribution >= 0.6 is 0 Å². The van der Waals surface area contributed by atoms with E-state index in [4.69, 9.17) is 9.97 Å². The average Bonchev–Trinajstić information content (AvgIpc) is 3.00. The SMILES string of the molecule is CC1=CCN(Nc2nc(-c3ccccc3)nc3ccccc23)N1. The van der Waals surface area contributed by atoms with Gasteiger partial charge >= 0.3 is 0 Å². The van der Waals surface area contributed by atoms with Crippen molar-refractivity contribution in [1.82, 2.24) is 20.5 Å². The maximum Gasteiger partial charge on any atom is 0.162 e. The number of para-hydroxylation sites is 1. The van der Waals surface area contributed by atoms with Crippen LogP contribution in [-0.4, -0.2) is 21.6 Å². The quantitative estimate of drug-likeness (QED) is 0.777. The minimum absolute atomic E-state index is 0.718. The molecule has 0 spiro atoms. The number of nitrogens with zero attached hydrogens (tertiary/aromatic N) is 3. The van der Waals surface area contributed by atoms with Crippen molar-refractivity contribution < 1.29 is 0 Å². The summed E-state index contributed by atoms with van der Waals surface area (Å²) in [6, 6.07) is 18.1. The van der Waals surface area contributed by atoms with Crippen molar-refractivity contribution in [3.8, 4) is 11.4 Å². The Balaban J connectivity index is 1.78. The van der Waals surface area contributed by atoms with Crippen LogP contribution in [0.5, 0.6) is 0 Å². The average molecular weight is 303 g/mol. The monoisotopic (exact) mass is 303 g/mol. The molecule has 0 radical (unpaired) electrons. The third-order valence-corrected chi connectivity index (χ3v) is 3.77. The molecule has 3 aromatic rings. The molecule has 0 aliphatic carbocycles. The van der Waals surface area contributed by atoms with Gasteiger partial charge < -0.3 is 5.43 Å². The van der Waals surface area contributed by atoms with E-state index < -0.39 is 0 Å². The van der Waals surface area contributed by atoms with Gasteiger partial charge in [0.1, 0.15) is 0 Å². The van der Waals surface area contributed by atoms with Crippen molar-refractivity contribution in [2.45, 2.75) is 6.92 Å². The standard InChI is InChI=1S/C18H17N5/c1-13-11-12-23(21-13)22-18-15-9-5-6-10-16(15)19-17(20-18)14-7-3-2-4-8-14/h2-11,21H,12H2,1H3,(H,19,20,22). The summed E-state index contributed by atoms with van der Waals surface area (Å²) in [5, 5.41) is 2.91. The Morgan fingerprint density at radius 3 is 2.57 bits per heavy atom. The molecule has 4 rings (SSSR count). The predicted octanol–water partition coefficient (Wildman–Crippen LogP) is 3.35. The molecule has 0 atom stereocenters. The number of hydrogen-bond donors (Lipinski definition) is 2. The summed E-state index contributed by atoms with van der Waals surface area (Å²) in [7, 11) is 0. The van der Waals surface area contributed by atoms with Crippen molar-refractivity contribution in [1.29, 1.82) is 0 Å². The number of fused-ring (bicyclic) bond motifs is 1. The summed E-state index contributed by atoms with van der Waals surface area (Å²) in [5.41, 5.74) is 9.65. The van der Waals surface area contributed by atoms with Crippen molar-refractivity contribution in [2.24, 2.45) is 0 Å². The Bertz CT molecular complexity index is 873. The summed E-state index contributed by atoms with van der Waals surface area (Å²) in [4.78, 5) is 9.43. The molecule has 0 saturated carbocycles. The Hall–Kier alpha value is -2.92. The van der Waals surface area contributed by atoms with Crippen LogP contribution in [0.3, 0.4) is 0 Å². The van der Waals surface area contributed by atoms with E-state index in [1.54, 1.807) is 0 Å². The third-order valence-electron chi connectivity index (χ3n) is 3.77. The van der Waals surface area contributed by atoms with E-state index in [1.165, 1.54) is 0 Å². The summed E-state index contributed by atoms with van der Waals surface area (Å²) < 4.78 is 0. The highest BCUT2D eigenvalue weighted by atomic mass is 15.7. The number of allylic oxidation sites excluding steroid dienone is 1. The molecule has 5 nitrogen and oxygen atoms in total. The number of anilines is 1. The minimum atomic E-state index is 0.718. The molecule has 2 heterocycles. The summed E-state index contributed by atoms with van der Waals surface area (Å²) in [5.74, 6) is 1.51. The minimum Gasteiger partial charge on any atom is -0.306 e. The van der Waals surface area contributed by atoms with Crippen LogP contribution in [0.15, 0.2) is 66.4 Å². The van der Waals surface area contributed by atoms with Crippen LogP contribution in [0.4, 0.5) is 5.82 Å². The summed E-state index contributed by atoms with van der Waals surface area (Å²) in [6.45, 7) is 2.82. The van der Waals surface area contributed by atoms with Crippen LogP contribution < -0.4 is 10.9 Å². The summed E-state index contributed by atoms with van der Waals surface area (Å²) in [6.07, 6.45) is 2.12. The van der Waals surface area contributed by atoms with Gasteiger partial charge in [-0.1, -0.05) is 42.5 Å². The first-order chi connectivity index (χ1) is 11.3. The van der Waals surface area contributed by atoms with Gasteiger partial charge in [-0.2, -0.15) is 0 Å². The molecule has 0 bridgehead atoms. The highest BCUT2D eigenvalue weighted by molar-refractivity contribution is 5.90. The van der Waals surface area contributed by atoms with Crippen molar-refractivity contribution >= 4 is 16.7 Å². The zero-order valence-corrected chi connectivity index (χ0v) is 12.8. The van der Waals surface area contributed by atoms with Gasteiger partial charge in [-0.3, -0.25) is 5.43 Å². The van der Waals surface area contributed by atoms with Crippen LogP contribution in [0.25, 0.3) is 22.3 Å². The lowest BCUT2D eigenvalue weighted by Gasteiger charge is -2.20. The first-order valence-electron chi connectivity index (χ1n) is 7.59. The molecule has 2 N–H and O–H groups in total. The van der Waals surface area contributed by atoms with Gasteiger partial charge in [0.2, 0.25) is 0 Å². The number of benzene rings is 2. The molecule has 2 aromatic carbocycles. The smallest absolute Gasteiger partial charge is 0.162 e. The van der Waals surface area contributed by atoms with E-state index in [0.29, 0.717) is 0 Å². The molecule has 1 aromatic heterocycles. The van der Waals surface area contributed by atoms with Crippen LogP contribution in [0.1, 0.15) is 6.92 Å². The van der Waals surface area contributed by atoms with Crippen molar-refractivity contribution in [3.63, 3.8) is 0 Å². The van der Waals surface area contributed by atoms with E-state index >= 15 is 0 Å². The Morgan fingerprint density at radius 1 is 1.00 bits per heavy atom. The fourth-order valence-corrected chi connectivity index (χ4v) is 2.61. The molecule has 1 aliphatic heterocycles. The lowest BCUT2D eigenvalue weighted by Crippen LogP contribution is -2.37. The van der Waals surface area contributed by atoms with E-state index in [-0.39, 0.29) is 0 Å². The lowest BCUT2D eigenvalue weighted by atomic mass is 10.2. The predicted molar refractivity (Wildman–Crippen MR) is 92.2 cm³/mol. The van der Waals surface area contributed by atoms with Gasteiger partial charge in [-0.15, -0.1) is 5.12 Å². The van der Waals surface area contributed by atoms with E-state index in [2.05, 4.69) is 16.9 Å². The topological polar surface area (TPSA) is 53.1 Å². The van der Waals surface area contributed by atoms with E-state index in [0.717, 1.165) is 40.4 Å². The molecular weight excluding hydrogens is 286 g/mol. The second-order valence-electron chi connectivity index (χ2n) is 5.50. The maximum absolute atomic E-state index is 4.73. The second-order valence-corrected chi connectivity index (χ2v) is 5.50. The van der Waals surface area contributed by atoms with Crippen molar-refractivity contribution in [3.05, 3.63) is 66.4 Å². The highest BCUT2D eigenvalue weighted by Crippen LogP contribution is 2.25. The molecule has 0 amide bonds. The first kappa shape index (κ1) is 13.7. The number of hydrogen-bond acceptors (Lipinski definition) is 5. The zero-order chi connectivity index (χ0) is 15.6. The largest absolute Gasteiger partial charge is 0.306 e. The van der Waals surface area contributed by atoms with E-state index in [1.807, 2.05) is 66.6 Å². The number of hydrazine groups is 2. The van der Waals surface area contributed by atoms with Gasteiger partial charge in [0.05, 0.1) is 12.1 Å². The zero-order valence-electron chi connectivity index (χ0n) is 12.8. The number of aromatic nitrogens is 2. The highest BCUT2D eigenvalue weighted by Gasteiger charge is 2.14. The van der Waals surface area contributed by atoms with Gasteiger partial charge in [0.15, 0.2) is 11.6 Å². The lowest BCUT2D eigenvalue weighted by molar-refractivity contribution is 0.316. The molecule has 0 unspecified atom stereocenters. The maximum atomic E-state index is 4.73. The van der Waals surface area contributed by atoms with Crippen LogP contribution in [0.2, 0.25) is 0 Å². The van der Waals surface area contributed by atoms with Crippen LogP contribution in [0, 0.1) is 0 Å². The Morgan fingerprint density at radius 2 is 1.78 bits per heavy atom. The number of nitrogens with one attached hydrogen (secondary N) is 2.